The summed E-state index contributed by atoms with van der Waals surface area (Å²) in [6.45, 7) is 1.30. The van der Waals surface area contributed by atoms with E-state index >= 15 is 0 Å². The van der Waals surface area contributed by atoms with Crippen LogP contribution in [0.5, 0.6) is 5.75 Å². The van der Waals surface area contributed by atoms with E-state index in [1.807, 2.05) is 47.2 Å². The van der Waals surface area contributed by atoms with Gasteiger partial charge in [0.05, 0.1) is 7.11 Å². The highest BCUT2D eigenvalue weighted by atomic mass is 16.5. The monoisotopic (exact) mass is 350 g/mol. The van der Waals surface area contributed by atoms with Gasteiger partial charge in [-0.1, -0.05) is 12.1 Å². The third kappa shape index (κ3) is 4.60. The minimum atomic E-state index is 0.641. The molecule has 3 rings (SSSR count). The number of ether oxygens (including phenoxy) is 1. The van der Waals surface area contributed by atoms with E-state index in [2.05, 4.69) is 25.6 Å². The van der Waals surface area contributed by atoms with Crippen molar-refractivity contribution in [2.45, 2.75) is 13.1 Å². The summed E-state index contributed by atoms with van der Waals surface area (Å²) in [5.41, 5.74) is 2.23. The number of hydrogen-bond acceptors (Lipinski definition) is 4. The molecule has 0 bridgehead atoms. The van der Waals surface area contributed by atoms with Gasteiger partial charge in [-0.3, -0.25) is 9.56 Å². The number of aliphatic imine (C=N–C) groups is 1. The Balaban J connectivity index is 1.56. The van der Waals surface area contributed by atoms with Gasteiger partial charge < -0.3 is 15.4 Å². The van der Waals surface area contributed by atoms with Gasteiger partial charge in [0.1, 0.15) is 17.9 Å². The second kappa shape index (κ2) is 8.66. The van der Waals surface area contributed by atoms with Crippen molar-refractivity contribution in [3.63, 3.8) is 0 Å². The average Bonchev–Trinajstić information content (AvgIpc) is 3.23. The number of nitrogens with zero attached hydrogens (tertiary/aromatic N) is 4. The maximum atomic E-state index is 5.25. The van der Waals surface area contributed by atoms with Gasteiger partial charge in [-0.2, -0.15) is 0 Å². The van der Waals surface area contributed by atoms with Gasteiger partial charge in [-0.25, -0.2) is 9.97 Å². The second-order valence-corrected chi connectivity index (χ2v) is 5.62. The fourth-order valence-corrected chi connectivity index (χ4v) is 2.48. The predicted octanol–water partition coefficient (Wildman–Crippen LogP) is 2.14. The molecule has 2 heterocycles. The first-order valence-corrected chi connectivity index (χ1v) is 8.29. The summed E-state index contributed by atoms with van der Waals surface area (Å²) in [6, 6.07) is 11.9. The lowest BCUT2D eigenvalue weighted by atomic mass is 10.2. The van der Waals surface area contributed by atoms with E-state index in [4.69, 9.17) is 4.74 Å². The van der Waals surface area contributed by atoms with Crippen LogP contribution in [0.15, 0.2) is 66.3 Å². The highest BCUT2D eigenvalue weighted by Crippen LogP contribution is 2.12. The number of nitrogens with one attached hydrogen (secondary N) is 2. The van der Waals surface area contributed by atoms with Crippen molar-refractivity contribution in [2.75, 3.05) is 14.2 Å². The zero-order valence-electron chi connectivity index (χ0n) is 14.9. The summed E-state index contributed by atoms with van der Waals surface area (Å²) in [6.07, 6.45) is 7.12. The summed E-state index contributed by atoms with van der Waals surface area (Å²) >= 11 is 0. The summed E-state index contributed by atoms with van der Waals surface area (Å²) in [4.78, 5) is 12.7. The SMILES string of the molecule is CN=C(NCc1cccc(OC)c1)NCc1ccnc(-n2ccnc2)c1. The van der Waals surface area contributed by atoms with Crippen LogP contribution < -0.4 is 15.4 Å². The number of aromatic nitrogens is 3. The molecule has 0 amide bonds. The molecule has 2 N–H and O–H groups in total. The quantitative estimate of drug-likeness (QED) is 0.526. The summed E-state index contributed by atoms with van der Waals surface area (Å²) in [5, 5.41) is 6.61. The van der Waals surface area contributed by atoms with Crippen molar-refractivity contribution in [1.29, 1.82) is 0 Å². The molecule has 0 aliphatic heterocycles. The van der Waals surface area contributed by atoms with E-state index < -0.39 is 0 Å². The maximum absolute atomic E-state index is 5.25. The van der Waals surface area contributed by atoms with Crippen LogP contribution in [0.3, 0.4) is 0 Å². The lowest BCUT2D eigenvalue weighted by molar-refractivity contribution is 0.414. The number of pyridine rings is 1. The van der Waals surface area contributed by atoms with E-state index in [0.717, 1.165) is 28.7 Å². The minimum Gasteiger partial charge on any atom is -0.497 e. The van der Waals surface area contributed by atoms with Crippen molar-refractivity contribution in [3.8, 4) is 11.6 Å². The highest BCUT2D eigenvalue weighted by Gasteiger charge is 2.03. The Morgan fingerprint density at radius 2 is 1.92 bits per heavy atom. The third-order valence-corrected chi connectivity index (χ3v) is 3.86. The van der Waals surface area contributed by atoms with Gasteiger partial charge in [-0.15, -0.1) is 0 Å². The number of benzene rings is 1. The van der Waals surface area contributed by atoms with Crippen molar-refractivity contribution in [1.82, 2.24) is 25.2 Å². The molecule has 0 saturated carbocycles. The first-order valence-electron chi connectivity index (χ1n) is 8.29. The summed E-state index contributed by atoms with van der Waals surface area (Å²) in [5.74, 6) is 2.41. The van der Waals surface area contributed by atoms with Crippen LogP contribution in [-0.4, -0.2) is 34.7 Å². The summed E-state index contributed by atoms with van der Waals surface area (Å²) < 4.78 is 7.12. The molecule has 0 atom stereocenters. The Bertz CT molecular complexity index is 860. The molecule has 1 aromatic carbocycles. The summed E-state index contributed by atoms with van der Waals surface area (Å²) in [7, 11) is 3.42. The van der Waals surface area contributed by atoms with Crippen molar-refractivity contribution in [2.24, 2.45) is 4.99 Å². The van der Waals surface area contributed by atoms with Gasteiger partial charge in [0.2, 0.25) is 0 Å². The molecule has 7 heteroatoms. The van der Waals surface area contributed by atoms with Crippen LogP contribution in [0.1, 0.15) is 11.1 Å². The van der Waals surface area contributed by atoms with Crippen LogP contribution in [0, 0.1) is 0 Å². The molecule has 0 saturated heterocycles. The number of imidazole rings is 1. The fraction of sp³-hybridized carbons (Fsp3) is 0.211. The fourth-order valence-electron chi connectivity index (χ4n) is 2.48. The molecule has 0 radical (unpaired) electrons. The Labute approximate surface area is 152 Å². The third-order valence-electron chi connectivity index (χ3n) is 3.86. The second-order valence-electron chi connectivity index (χ2n) is 5.62. The predicted molar refractivity (Wildman–Crippen MR) is 101 cm³/mol. The normalized spacial score (nSPS) is 11.2. The van der Waals surface area contributed by atoms with Crippen molar-refractivity contribution in [3.05, 3.63) is 72.4 Å². The van der Waals surface area contributed by atoms with Crippen LogP contribution in [-0.2, 0) is 13.1 Å². The number of rotatable bonds is 6. The van der Waals surface area contributed by atoms with Crippen LogP contribution >= 0.6 is 0 Å². The molecule has 0 aliphatic rings. The Morgan fingerprint density at radius 3 is 2.62 bits per heavy atom. The van der Waals surface area contributed by atoms with Crippen molar-refractivity contribution < 1.29 is 4.74 Å². The van der Waals surface area contributed by atoms with E-state index in [1.54, 1.807) is 32.9 Å². The molecule has 134 valence electrons. The Morgan fingerprint density at radius 1 is 1.12 bits per heavy atom. The number of hydrogen-bond donors (Lipinski definition) is 2. The van der Waals surface area contributed by atoms with Crippen LogP contribution in [0.25, 0.3) is 5.82 Å². The smallest absolute Gasteiger partial charge is 0.191 e. The Kier molecular flexibility index (Phi) is 5.82. The van der Waals surface area contributed by atoms with E-state index in [1.165, 1.54) is 0 Å². The molecule has 2 aromatic heterocycles. The average molecular weight is 350 g/mol. The molecular formula is C19H22N6O. The van der Waals surface area contributed by atoms with E-state index in [-0.39, 0.29) is 0 Å². The van der Waals surface area contributed by atoms with E-state index in [9.17, 15) is 0 Å². The van der Waals surface area contributed by atoms with Crippen molar-refractivity contribution >= 4 is 5.96 Å². The lowest BCUT2D eigenvalue weighted by Crippen LogP contribution is -2.36. The molecule has 26 heavy (non-hydrogen) atoms. The molecule has 0 unspecified atom stereocenters. The minimum absolute atomic E-state index is 0.641. The first-order chi connectivity index (χ1) is 12.8. The van der Waals surface area contributed by atoms with Crippen LogP contribution in [0.4, 0.5) is 0 Å². The van der Waals surface area contributed by atoms with Gasteiger partial charge in [0.25, 0.3) is 0 Å². The number of methoxy groups -OCH3 is 1. The number of guanidine groups is 1. The molecule has 0 aliphatic carbocycles. The maximum Gasteiger partial charge on any atom is 0.191 e. The molecule has 3 aromatic rings. The Hall–Kier alpha value is -3.35. The molecule has 0 spiro atoms. The van der Waals surface area contributed by atoms with Gasteiger partial charge in [-0.05, 0) is 35.4 Å². The first kappa shape index (κ1) is 17.5. The zero-order valence-corrected chi connectivity index (χ0v) is 14.9. The van der Waals surface area contributed by atoms with Gasteiger partial charge >= 0.3 is 0 Å². The largest absolute Gasteiger partial charge is 0.497 e. The zero-order chi connectivity index (χ0) is 18.2. The molecule has 7 nitrogen and oxygen atoms in total. The van der Waals surface area contributed by atoms with Gasteiger partial charge in [0.15, 0.2) is 5.96 Å². The van der Waals surface area contributed by atoms with Crippen LogP contribution in [0.2, 0.25) is 0 Å². The lowest BCUT2D eigenvalue weighted by Gasteiger charge is -2.13. The molecular weight excluding hydrogens is 328 g/mol. The topological polar surface area (TPSA) is 76.4 Å². The van der Waals surface area contributed by atoms with Gasteiger partial charge in [0, 0.05) is 38.7 Å². The molecule has 0 fully saturated rings. The highest BCUT2D eigenvalue weighted by molar-refractivity contribution is 5.79. The standard InChI is InChI=1S/C19H22N6O/c1-20-19(23-12-15-4-3-5-17(10-15)26-2)24-13-16-6-7-22-18(11-16)25-9-8-21-14-25/h3-11,14H,12-13H2,1-2H3,(H2,20,23,24). The van der Waals surface area contributed by atoms with E-state index in [0.29, 0.717) is 13.1 Å².